The molecule has 0 saturated carbocycles. The smallest absolute Gasteiger partial charge is 0.262 e. The molecule has 6 nitrogen and oxygen atoms in total. The van der Waals surface area contributed by atoms with Gasteiger partial charge in [0, 0.05) is 15.8 Å². The van der Waals surface area contributed by atoms with Gasteiger partial charge in [-0.15, -0.1) is 0 Å². The minimum Gasteiger partial charge on any atom is -0.482 e. The molecule has 0 aliphatic carbocycles. The summed E-state index contributed by atoms with van der Waals surface area (Å²) < 4.78 is 34.7. The van der Waals surface area contributed by atoms with Crippen molar-refractivity contribution in [1.29, 1.82) is 0 Å². The fourth-order valence-electron chi connectivity index (χ4n) is 2.64. The Labute approximate surface area is 192 Å². The summed E-state index contributed by atoms with van der Waals surface area (Å²) in [6, 6.07) is 18.2. The molecule has 0 aliphatic rings. The first-order valence-corrected chi connectivity index (χ1v) is 11.9. The summed E-state index contributed by atoms with van der Waals surface area (Å²) in [6.07, 6.45) is 0. The third-order valence-electron chi connectivity index (χ3n) is 4.02. The molecule has 0 radical (unpaired) electrons. The highest BCUT2D eigenvalue weighted by Crippen LogP contribution is 2.32. The molecule has 0 aromatic heterocycles. The predicted molar refractivity (Wildman–Crippen MR) is 124 cm³/mol. The average molecular weight is 554 g/mol. The van der Waals surface area contributed by atoms with E-state index in [1.807, 2.05) is 19.1 Å². The predicted octanol–water partition coefficient (Wildman–Crippen LogP) is 5.34. The molecule has 3 aromatic carbocycles. The first-order chi connectivity index (χ1) is 14.2. The summed E-state index contributed by atoms with van der Waals surface area (Å²) in [5.74, 6) is 0.226. The van der Waals surface area contributed by atoms with Crippen molar-refractivity contribution in [1.82, 2.24) is 0 Å². The third-order valence-corrected chi connectivity index (χ3v) is 6.46. The summed E-state index contributed by atoms with van der Waals surface area (Å²) in [5, 5.41) is 2.69. The number of benzene rings is 3. The van der Waals surface area contributed by atoms with Crippen LogP contribution in [0.25, 0.3) is 0 Å². The Kier molecular flexibility index (Phi) is 7.17. The van der Waals surface area contributed by atoms with Crippen LogP contribution in [0, 0.1) is 6.92 Å². The second-order valence-corrected chi connectivity index (χ2v) is 9.82. The van der Waals surface area contributed by atoms with Crippen molar-refractivity contribution in [2.45, 2.75) is 11.8 Å². The lowest BCUT2D eigenvalue weighted by atomic mass is 10.2. The number of hydrogen-bond acceptors (Lipinski definition) is 4. The van der Waals surface area contributed by atoms with Gasteiger partial charge in [0.15, 0.2) is 6.61 Å². The summed E-state index contributed by atoms with van der Waals surface area (Å²) in [7, 11) is -3.71. The topological polar surface area (TPSA) is 84.5 Å². The molecular weight excluding hydrogens is 536 g/mol. The lowest BCUT2D eigenvalue weighted by Crippen LogP contribution is -2.20. The van der Waals surface area contributed by atoms with E-state index in [9.17, 15) is 13.2 Å². The van der Waals surface area contributed by atoms with Gasteiger partial charge in [-0.2, -0.15) is 0 Å². The van der Waals surface area contributed by atoms with Crippen LogP contribution in [0.15, 0.2) is 80.6 Å². The number of para-hydroxylation sites is 1. The van der Waals surface area contributed by atoms with Crippen LogP contribution >= 0.6 is 31.9 Å². The van der Waals surface area contributed by atoms with Crippen LogP contribution in [0.2, 0.25) is 0 Å². The van der Waals surface area contributed by atoms with Gasteiger partial charge < -0.3 is 10.1 Å². The number of ether oxygens (including phenoxy) is 1. The lowest BCUT2D eigenvalue weighted by molar-refractivity contribution is -0.118. The molecular formula is C21H18Br2N2O4S. The number of anilines is 2. The van der Waals surface area contributed by atoms with Gasteiger partial charge in [0.25, 0.3) is 15.9 Å². The zero-order valence-electron chi connectivity index (χ0n) is 15.9. The number of aryl methyl sites for hydroxylation is 1. The zero-order valence-corrected chi connectivity index (χ0v) is 19.8. The fourth-order valence-corrected chi connectivity index (χ4v) is 5.26. The molecule has 0 aliphatic heterocycles. The summed E-state index contributed by atoms with van der Waals surface area (Å²) in [6.45, 7) is 1.70. The van der Waals surface area contributed by atoms with E-state index >= 15 is 0 Å². The highest BCUT2D eigenvalue weighted by Gasteiger charge is 2.15. The molecule has 0 saturated heterocycles. The normalized spacial score (nSPS) is 11.0. The van der Waals surface area contributed by atoms with Crippen molar-refractivity contribution < 1.29 is 17.9 Å². The van der Waals surface area contributed by atoms with E-state index in [1.54, 1.807) is 30.3 Å². The monoisotopic (exact) mass is 552 g/mol. The van der Waals surface area contributed by atoms with E-state index in [-0.39, 0.29) is 17.4 Å². The fraction of sp³-hybridized carbons (Fsp3) is 0.0952. The van der Waals surface area contributed by atoms with Crippen LogP contribution in [0.3, 0.4) is 0 Å². The Hall–Kier alpha value is -2.36. The van der Waals surface area contributed by atoms with Gasteiger partial charge in [-0.1, -0.05) is 34.1 Å². The summed E-state index contributed by atoms with van der Waals surface area (Å²) in [4.78, 5) is 12.3. The van der Waals surface area contributed by atoms with Crippen molar-refractivity contribution in [2.75, 3.05) is 16.6 Å². The molecule has 0 heterocycles. The quantitative estimate of drug-likeness (QED) is 0.413. The average Bonchev–Trinajstić information content (AvgIpc) is 2.68. The number of nitrogens with one attached hydrogen (secondary N) is 2. The van der Waals surface area contributed by atoms with E-state index in [0.29, 0.717) is 17.1 Å². The van der Waals surface area contributed by atoms with E-state index < -0.39 is 10.0 Å². The molecule has 0 spiro atoms. The van der Waals surface area contributed by atoms with Crippen molar-refractivity contribution in [3.05, 3.63) is 81.2 Å². The molecule has 9 heteroatoms. The van der Waals surface area contributed by atoms with Crippen LogP contribution in [-0.4, -0.2) is 20.9 Å². The molecule has 0 atom stereocenters. The van der Waals surface area contributed by atoms with Crippen LogP contribution < -0.4 is 14.8 Å². The van der Waals surface area contributed by atoms with Crippen molar-refractivity contribution in [3.63, 3.8) is 0 Å². The summed E-state index contributed by atoms with van der Waals surface area (Å²) in [5.41, 5.74) is 1.82. The number of carbonyl (C=O) groups is 1. The van der Waals surface area contributed by atoms with E-state index in [4.69, 9.17) is 4.74 Å². The Morgan fingerprint density at radius 3 is 2.27 bits per heavy atom. The molecule has 0 fully saturated rings. The van der Waals surface area contributed by atoms with Crippen LogP contribution in [0.1, 0.15) is 5.56 Å². The Balaban J connectivity index is 1.61. The van der Waals surface area contributed by atoms with Gasteiger partial charge >= 0.3 is 0 Å². The van der Waals surface area contributed by atoms with E-state index in [1.165, 1.54) is 24.3 Å². The molecule has 3 aromatic rings. The number of rotatable bonds is 7. The van der Waals surface area contributed by atoms with Gasteiger partial charge in [0.2, 0.25) is 0 Å². The molecule has 30 heavy (non-hydrogen) atoms. The maximum atomic E-state index is 12.5. The molecule has 156 valence electrons. The highest BCUT2D eigenvalue weighted by atomic mass is 79.9. The van der Waals surface area contributed by atoms with Crippen molar-refractivity contribution in [3.8, 4) is 5.75 Å². The van der Waals surface area contributed by atoms with Gasteiger partial charge in [0.05, 0.1) is 9.37 Å². The van der Waals surface area contributed by atoms with E-state index in [0.717, 1.165) is 14.5 Å². The minimum absolute atomic E-state index is 0.0926. The Morgan fingerprint density at radius 1 is 0.967 bits per heavy atom. The Bertz CT molecular complexity index is 1130. The van der Waals surface area contributed by atoms with E-state index in [2.05, 4.69) is 41.9 Å². The number of carbonyl (C=O) groups excluding carboxylic acids is 1. The first-order valence-electron chi connectivity index (χ1n) is 8.81. The SMILES string of the molecule is Cc1cc(Br)cc(Br)c1OCC(=O)Nc1ccc(S(=O)(=O)Nc2ccccc2)cc1. The first kappa shape index (κ1) is 22.3. The lowest BCUT2D eigenvalue weighted by Gasteiger charge is -2.12. The number of amides is 1. The second kappa shape index (κ2) is 9.63. The molecule has 0 bridgehead atoms. The van der Waals surface area contributed by atoms with Crippen LogP contribution in [-0.2, 0) is 14.8 Å². The molecule has 1 amide bonds. The minimum atomic E-state index is -3.71. The third kappa shape index (κ3) is 5.84. The summed E-state index contributed by atoms with van der Waals surface area (Å²) >= 11 is 6.81. The van der Waals surface area contributed by atoms with Gasteiger partial charge in [-0.05, 0) is 76.9 Å². The maximum absolute atomic E-state index is 12.5. The standard InChI is InChI=1S/C21H18Br2N2O4S/c1-14-11-15(22)12-19(23)21(14)29-13-20(26)24-16-7-9-18(10-8-16)30(27,28)25-17-5-3-2-4-6-17/h2-12,25H,13H2,1H3,(H,24,26). The van der Waals surface area contributed by atoms with Gasteiger partial charge in [-0.3, -0.25) is 9.52 Å². The number of halogens is 2. The number of hydrogen-bond donors (Lipinski definition) is 2. The van der Waals surface area contributed by atoms with Crippen molar-refractivity contribution in [2.24, 2.45) is 0 Å². The largest absolute Gasteiger partial charge is 0.482 e. The molecule has 2 N–H and O–H groups in total. The number of sulfonamides is 1. The van der Waals surface area contributed by atoms with Crippen LogP contribution in [0.4, 0.5) is 11.4 Å². The Morgan fingerprint density at radius 2 is 1.63 bits per heavy atom. The maximum Gasteiger partial charge on any atom is 0.262 e. The van der Waals surface area contributed by atoms with Gasteiger partial charge in [0.1, 0.15) is 5.75 Å². The molecule has 3 rings (SSSR count). The zero-order chi connectivity index (χ0) is 21.7. The molecule has 0 unspecified atom stereocenters. The van der Waals surface area contributed by atoms with Crippen molar-refractivity contribution >= 4 is 59.2 Å². The second-order valence-electron chi connectivity index (χ2n) is 6.37. The highest BCUT2D eigenvalue weighted by molar-refractivity contribution is 9.11. The van der Waals surface area contributed by atoms with Crippen LogP contribution in [0.5, 0.6) is 5.75 Å². The van der Waals surface area contributed by atoms with Gasteiger partial charge in [-0.25, -0.2) is 8.42 Å².